The Morgan fingerprint density at radius 1 is 1.37 bits per heavy atom. The lowest BCUT2D eigenvalue weighted by atomic mass is 10.1. The van der Waals surface area contributed by atoms with Crippen LogP contribution < -0.4 is 0 Å². The predicted molar refractivity (Wildman–Crippen MR) is 62.6 cm³/mol. The highest BCUT2D eigenvalue weighted by Gasteiger charge is 2.37. The van der Waals surface area contributed by atoms with E-state index in [0.29, 0.717) is 19.4 Å². The second-order valence-corrected chi connectivity index (χ2v) is 4.52. The summed E-state index contributed by atoms with van der Waals surface area (Å²) in [4.78, 5) is 13.5. The molecule has 0 aliphatic carbocycles. The van der Waals surface area contributed by atoms with Gasteiger partial charge in [0.15, 0.2) is 0 Å². The van der Waals surface area contributed by atoms with Crippen molar-refractivity contribution in [2.75, 3.05) is 13.2 Å². The molecule has 1 amide bonds. The van der Waals surface area contributed by atoms with Crippen LogP contribution in [0, 0.1) is 0 Å². The van der Waals surface area contributed by atoms with Gasteiger partial charge >= 0.3 is 6.18 Å². The maximum Gasteiger partial charge on any atom is 0.417 e. The van der Waals surface area contributed by atoms with Gasteiger partial charge in [0.25, 0.3) is 5.91 Å². The smallest absolute Gasteiger partial charge is 0.394 e. The van der Waals surface area contributed by atoms with Gasteiger partial charge in [-0.25, -0.2) is 0 Å². The van der Waals surface area contributed by atoms with E-state index in [2.05, 4.69) is 0 Å². The van der Waals surface area contributed by atoms with E-state index in [0.717, 1.165) is 6.07 Å². The summed E-state index contributed by atoms with van der Waals surface area (Å²) >= 11 is 0. The van der Waals surface area contributed by atoms with E-state index in [-0.39, 0.29) is 18.2 Å². The van der Waals surface area contributed by atoms with Gasteiger partial charge in [-0.3, -0.25) is 4.79 Å². The Morgan fingerprint density at radius 2 is 2.05 bits per heavy atom. The summed E-state index contributed by atoms with van der Waals surface area (Å²) in [5, 5.41) is 9.15. The molecule has 0 aromatic heterocycles. The van der Waals surface area contributed by atoms with E-state index in [1.165, 1.54) is 23.1 Å². The molecule has 1 aromatic rings. The van der Waals surface area contributed by atoms with Gasteiger partial charge in [-0.2, -0.15) is 13.2 Å². The Bertz CT molecular complexity index is 473. The summed E-state index contributed by atoms with van der Waals surface area (Å²) in [6.07, 6.45) is -3.23. The first-order chi connectivity index (χ1) is 8.95. The number of rotatable bonds is 2. The number of carbonyl (C=O) groups is 1. The van der Waals surface area contributed by atoms with Crippen molar-refractivity contribution in [1.82, 2.24) is 4.90 Å². The third kappa shape index (κ3) is 2.73. The number of aliphatic hydroxyl groups excluding tert-OH is 1. The first kappa shape index (κ1) is 13.9. The van der Waals surface area contributed by atoms with Gasteiger partial charge < -0.3 is 10.0 Å². The summed E-state index contributed by atoms with van der Waals surface area (Å²) in [7, 11) is 0. The molecule has 6 heteroatoms. The van der Waals surface area contributed by atoms with Crippen molar-refractivity contribution in [3.05, 3.63) is 35.4 Å². The number of nitrogens with zero attached hydrogens (tertiary/aromatic N) is 1. The SMILES string of the molecule is O=C(c1ccccc1C(F)(F)F)N1CCC[C@@H]1CO. The first-order valence-electron chi connectivity index (χ1n) is 6.03. The average molecular weight is 273 g/mol. The van der Waals surface area contributed by atoms with Gasteiger partial charge in [0, 0.05) is 6.54 Å². The van der Waals surface area contributed by atoms with Crippen LogP contribution in [0.2, 0.25) is 0 Å². The van der Waals surface area contributed by atoms with Crippen molar-refractivity contribution in [2.24, 2.45) is 0 Å². The zero-order valence-electron chi connectivity index (χ0n) is 10.2. The number of aliphatic hydroxyl groups is 1. The van der Waals surface area contributed by atoms with Crippen LogP contribution in [0.5, 0.6) is 0 Å². The van der Waals surface area contributed by atoms with Crippen LogP contribution in [-0.4, -0.2) is 35.1 Å². The predicted octanol–water partition coefficient (Wildman–Crippen LogP) is 2.30. The highest BCUT2D eigenvalue weighted by molar-refractivity contribution is 5.96. The Balaban J connectivity index is 2.34. The van der Waals surface area contributed by atoms with Crippen molar-refractivity contribution in [2.45, 2.75) is 25.1 Å². The fraction of sp³-hybridized carbons (Fsp3) is 0.462. The van der Waals surface area contributed by atoms with E-state index in [1.54, 1.807) is 0 Å². The zero-order chi connectivity index (χ0) is 14.0. The minimum Gasteiger partial charge on any atom is -0.394 e. The molecule has 0 unspecified atom stereocenters. The highest BCUT2D eigenvalue weighted by Crippen LogP contribution is 2.33. The van der Waals surface area contributed by atoms with Crippen molar-refractivity contribution in [3.63, 3.8) is 0 Å². The number of hydrogen-bond acceptors (Lipinski definition) is 2. The molecule has 3 nitrogen and oxygen atoms in total. The molecule has 1 heterocycles. The fourth-order valence-corrected chi connectivity index (χ4v) is 2.36. The summed E-state index contributed by atoms with van der Waals surface area (Å²) in [5.74, 6) is -0.663. The molecule has 2 rings (SSSR count). The van der Waals surface area contributed by atoms with Crippen LogP contribution in [0.3, 0.4) is 0 Å². The molecule has 19 heavy (non-hydrogen) atoms. The van der Waals surface area contributed by atoms with Gasteiger partial charge in [0.1, 0.15) is 0 Å². The fourth-order valence-electron chi connectivity index (χ4n) is 2.36. The second-order valence-electron chi connectivity index (χ2n) is 4.52. The summed E-state index contributed by atoms with van der Waals surface area (Å²) in [6.45, 7) is 0.163. The monoisotopic (exact) mass is 273 g/mol. The molecule has 1 aliphatic heterocycles. The van der Waals surface area contributed by atoms with E-state index in [9.17, 15) is 18.0 Å². The Labute approximate surface area is 108 Å². The van der Waals surface area contributed by atoms with Crippen LogP contribution in [0.15, 0.2) is 24.3 Å². The standard InChI is InChI=1S/C13H14F3NO2/c14-13(15,16)11-6-2-1-5-10(11)12(19)17-7-3-4-9(17)8-18/h1-2,5-6,9,18H,3-4,7-8H2/t9-/m1/s1. The minimum atomic E-state index is -4.55. The third-order valence-corrected chi connectivity index (χ3v) is 3.31. The van der Waals surface area contributed by atoms with Crippen LogP contribution in [0.25, 0.3) is 0 Å². The van der Waals surface area contributed by atoms with Crippen molar-refractivity contribution in [3.8, 4) is 0 Å². The largest absolute Gasteiger partial charge is 0.417 e. The zero-order valence-corrected chi connectivity index (χ0v) is 10.2. The molecule has 0 saturated carbocycles. The lowest BCUT2D eigenvalue weighted by Crippen LogP contribution is -2.38. The van der Waals surface area contributed by atoms with Crippen LogP contribution >= 0.6 is 0 Å². The van der Waals surface area contributed by atoms with Crippen molar-refractivity contribution >= 4 is 5.91 Å². The number of likely N-dealkylation sites (tertiary alicyclic amines) is 1. The Hall–Kier alpha value is -1.56. The van der Waals surface area contributed by atoms with E-state index in [4.69, 9.17) is 5.11 Å². The molecule has 1 saturated heterocycles. The van der Waals surface area contributed by atoms with E-state index >= 15 is 0 Å². The molecule has 0 bridgehead atoms. The van der Waals surface area contributed by atoms with Gasteiger partial charge in [0.05, 0.1) is 23.8 Å². The molecular weight excluding hydrogens is 259 g/mol. The molecule has 1 fully saturated rings. The maximum absolute atomic E-state index is 12.9. The summed E-state index contributed by atoms with van der Waals surface area (Å²) < 4.78 is 38.6. The number of benzene rings is 1. The maximum atomic E-state index is 12.9. The highest BCUT2D eigenvalue weighted by atomic mass is 19.4. The molecular formula is C13H14F3NO2. The van der Waals surface area contributed by atoms with Gasteiger partial charge in [-0.05, 0) is 25.0 Å². The number of amides is 1. The van der Waals surface area contributed by atoms with E-state index < -0.39 is 17.6 Å². The number of halogens is 3. The van der Waals surface area contributed by atoms with Gasteiger partial charge in [0.2, 0.25) is 0 Å². The van der Waals surface area contributed by atoms with Crippen molar-refractivity contribution in [1.29, 1.82) is 0 Å². The lowest BCUT2D eigenvalue weighted by molar-refractivity contribution is -0.138. The summed E-state index contributed by atoms with van der Waals surface area (Å²) in [5.41, 5.74) is -1.28. The molecule has 0 spiro atoms. The number of hydrogen-bond donors (Lipinski definition) is 1. The Kier molecular flexibility index (Phi) is 3.80. The second kappa shape index (κ2) is 5.21. The van der Waals surface area contributed by atoms with Crippen molar-refractivity contribution < 1.29 is 23.1 Å². The van der Waals surface area contributed by atoms with Gasteiger partial charge in [-0.15, -0.1) is 0 Å². The summed E-state index contributed by atoms with van der Waals surface area (Å²) in [6, 6.07) is 4.36. The molecule has 1 aliphatic rings. The topological polar surface area (TPSA) is 40.5 Å². The molecule has 1 N–H and O–H groups in total. The third-order valence-electron chi connectivity index (χ3n) is 3.31. The van der Waals surface area contributed by atoms with Crippen LogP contribution in [-0.2, 0) is 6.18 Å². The number of carbonyl (C=O) groups excluding carboxylic acids is 1. The molecule has 1 atom stereocenters. The average Bonchev–Trinajstić information content (AvgIpc) is 2.85. The van der Waals surface area contributed by atoms with Crippen LogP contribution in [0.4, 0.5) is 13.2 Å². The lowest BCUT2D eigenvalue weighted by Gasteiger charge is -2.24. The first-order valence-corrected chi connectivity index (χ1v) is 6.03. The Morgan fingerprint density at radius 3 is 2.68 bits per heavy atom. The quantitative estimate of drug-likeness (QED) is 0.898. The number of alkyl halides is 3. The molecule has 1 aromatic carbocycles. The van der Waals surface area contributed by atoms with E-state index in [1.807, 2.05) is 0 Å². The molecule has 104 valence electrons. The normalized spacial score (nSPS) is 19.8. The van der Waals surface area contributed by atoms with Crippen LogP contribution in [0.1, 0.15) is 28.8 Å². The minimum absolute atomic E-state index is 0.222. The molecule has 0 radical (unpaired) electrons. The van der Waals surface area contributed by atoms with Gasteiger partial charge in [-0.1, -0.05) is 12.1 Å².